The lowest BCUT2D eigenvalue weighted by Crippen LogP contribution is -2.53. The average molecular weight is 457 g/mol. The number of hydrogen-bond acceptors (Lipinski definition) is 3. The van der Waals surface area contributed by atoms with Crippen LogP contribution in [0.1, 0.15) is 68.4 Å². The molecule has 2 heterocycles. The zero-order chi connectivity index (χ0) is 22.7. The molecule has 2 aromatic rings. The van der Waals surface area contributed by atoms with Crippen molar-refractivity contribution in [1.29, 1.82) is 0 Å². The summed E-state index contributed by atoms with van der Waals surface area (Å²) in [5, 5.41) is 3.43. The van der Waals surface area contributed by atoms with E-state index in [0.29, 0.717) is 5.41 Å². The quantitative estimate of drug-likeness (QED) is 0.640. The second-order valence-electron chi connectivity index (χ2n) is 12.1. The number of hydrogen-bond donors (Lipinski definition) is 1. The molecule has 0 spiro atoms. The Morgan fingerprint density at radius 2 is 1.38 bits per heavy atom. The third-order valence-electron chi connectivity index (χ3n) is 9.60. The zero-order valence-electron chi connectivity index (χ0n) is 20.0. The van der Waals surface area contributed by atoms with Crippen LogP contribution in [0.2, 0.25) is 0 Å². The molecule has 2 aliphatic heterocycles. The number of carbonyl (C=O) groups is 1. The molecular weight excluding hydrogens is 420 g/mol. The van der Waals surface area contributed by atoms with Gasteiger partial charge < -0.3 is 15.0 Å². The van der Waals surface area contributed by atoms with E-state index in [9.17, 15) is 4.79 Å². The van der Waals surface area contributed by atoms with E-state index in [4.69, 9.17) is 4.74 Å². The highest BCUT2D eigenvalue weighted by molar-refractivity contribution is 5.89. The maximum absolute atomic E-state index is 13.6. The summed E-state index contributed by atoms with van der Waals surface area (Å²) in [5.41, 5.74) is 2.55. The van der Waals surface area contributed by atoms with Crippen LogP contribution in [0.15, 0.2) is 48.5 Å². The Morgan fingerprint density at radius 3 is 1.94 bits per heavy atom. The number of para-hydroxylation sites is 2. The summed E-state index contributed by atoms with van der Waals surface area (Å²) in [6.07, 6.45) is 11.1. The first-order valence-electron chi connectivity index (χ1n) is 13.5. The molecule has 4 saturated carbocycles. The molecule has 34 heavy (non-hydrogen) atoms. The normalized spacial score (nSPS) is 32.6. The van der Waals surface area contributed by atoms with Crippen molar-refractivity contribution < 1.29 is 9.53 Å². The van der Waals surface area contributed by atoms with Gasteiger partial charge in [-0.25, -0.2) is 0 Å². The van der Waals surface area contributed by atoms with Gasteiger partial charge in [-0.1, -0.05) is 36.4 Å². The minimum atomic E-state index is -0.300. The molecule has 0 atom stereocenters. The van der Waals surface area contributed by atoms with E-state index in [0.717, 1.165) is 66.3 Å². The molecule has 4 bridgehead atoms. The summed E-state index contributed by atoms with van der Waals surface area (Å²) in [4.78, 5) is 16.3. The number of fused-ring (bicyclic) bond motifs is 2. The van der Waals surface area contributed by atoms with Crippen molar-refractivity contribution in [2.75, 3.05) is 19.6 Å². The summed E-state index contributed by atoms with van der Waals surface area (Å²) >= 11 is 0. The van der Waals surface area contributed by atoms with Crippen LogP contribution in [0, 0.1) is 23.2 Å². The van der Waals surface area contributed by atoms with Crippen molar-refractivity contribution in [1.82, 2.24) is 10.2 Å². The Balaban J connectivity index is 1.01. The van der Waals surface area contributed by atoms with Crippen LogP contribution in [-0.4, -0.2) is 36.5 Å². The molecule has 4 heteroatoms. The SMILES string of the molecule is O=C(NC1CCN(CC23CC4CC(CC(C4)C2)C3)CC1)C1c2ccccc2Oc2ccccc21. The Labute approximate surface area is 203 Å². The molecule has 0 aromatic heterocycles. The van der Waals surface area contributed by atoms with E-state index < -0.39 is 0 Å². The predicted octanol–water partition coefficient (Wildman–Crippen LogP) is 5.72. The Morgan fingerprint density at radius 1 is 0.853 bits per heavy atom. The highest BCUT2D eigenvalue weighted by atomic mass is 16.5. The van der Waals surface area contributed by atoms with Gasteiger partial charge in [0.05, 0.1) is 5.92 Å². The number of amides is 1. The average Bonchev–Trinajstić information content (AvgIpc) is 2.82. The summed E-state index contributed by atoms with van der Waals surface area (Å²) in [6, 6.07) is 16.2. The van der Waals surface area contributed by atoms with Gasteiger partial charge in [-0.2, -0.15) is 0 Å². The first-order chi connectivity index (χ1) is 16.6. The first-order valence-corrected chi connectivity index (χ1v) is 13.5. The number of piperidine rings is 1. The molecule has 178 valence electrons. The van der Waals surface area contributed by atoms with Crippen LogP contribution < -0.4 is 10.1 Å². The van der Waals surface area contributed by atoms with Crippen molar-refractivity contribution in [3.05, 3.63) is 59.7 Å². The minimum absolute atomic E-state index is 0.114. The molecule has 6 aliphatic rings. The Hall–Kier alpha value is -2.33. The van der Waals surface area contributed by atoms with Crippen molar-refractivity contribution in [3.8, 4) is 11.5 Å². The topological polar surface area (TPSA) is 41.6 Å². The van der Waals surface area contributed by atoms with E-state index in [1.54, 1.807) is 0 Å². The maximum atomic E-state index is 13.6. The first kappa shape index (κ1) is 21.0. The molecule has 1 N–H and O–H groups in total. The van der Waals surface area contributed by atoms with E-state index in [1.807, 2.05) is 48.5 Å². The molecule has 4 nitrogen and oxygen atoms in total. The van der Waals surface area contributed by atoms with Crippen LogP contribution in [0.25, 0.3) is 0 Å². The number of ether oxygens (including phenoxy) is 1. The number of benzene rings is 2. The van der Waals surface area contributed by atoms with Gasteiger partial charge in [-0.05, 0) is 86.7 Å². The van der Waals surface area contributed by atoms with Crippen molar-refractivity contribution >= 4 is 5.91 Å². The smallest absolute Gasteiger partial charge is 0.232 e. The number of nitrogens with one attached hydrogen (secondary N) is 1. The van der Waals surface area contributed by atoms with Gasteiger partial charge in [-0.15, -0.1) is 0 Å². The van der Waals surface area contributed by atoms with E-state index >= 15 is 0 Å². The largest absolute Gasteiger partial charge is 0.457 e. The minimum Gasteiger partial charge on any atom is -0.457 e. The molecule has 2 aromatic carbocycles. The molecule has 0 radical (unpaired) electrons. The Kier molecular flexibility index (Phi) is 5.01. The summed E-state index contributed by atoms with van der Waals surface area (Å²) in [6.45, 7) is 3.54. The standard InChI is InChI=1S/C30H36N2O2/c33-29(28-24-5-1-3-7-26(24)34-27-8-4-2-6-25(27)28)31-23-9-11-32(12-10-23)19-30-16-20-13-21(17-30)15-22(14-20)18-30/h1-8,20-23,28H,9-19H2,(H,31,33). The lowest BCUT2D eigenvalue weighted by Gasteiger charge is -2.58. The third-order valence-corrected chi connectivity index (χ3v) is 9.60. The fourth-order valence-electron chi connectivity index (χ4n) is 8.67. The summed E-state index contributed by atoms with van der Waals surface area (Å²) in [5.74, 6) is 4.47. The highest BCUT2D eigenvalue weighted by Gasteiger charge is 2.51. The van der Waals surface area contributed by atoms with Gasteiger partial charge in [0.2, 0.25) is 5.91 Å². The van der Waals surface area contributed by atoms with Crippen molar-refractivity contribution in [2.45, 2.75) is 63.3 Å². The van der Waals surface area contributed by atoms with Crippen LogP contribution in [0.4, 0.5) is 0 Å². The number of likely N-dealkylation sites (tertiary alicyclic amines) is 1. The summed E-state index contributed by atoms with van der Waals surface area (Å²) < 4.78 is 6.09. The third kappa shape index (κ3) is 3.66. The van der Waals surface area contributed by atoms with Gasteiger partial charge in [0.1, 0.15) is 11.5 Å². The van der Waals surface area contributed by atoms with Gasteiger partial charge in [0.25, 0.3) is 0 Å². The number of nitrogens with zero attached hydrogens (tertiary/aromatic N) is 1. The fraction of sp³-hybridized carbons (Fsp3) is 0.567. The van der Waals surface area contributed by atoms with Crippen LogP contribution in [-0.2, 0) is 4.79 Å². The van der Waals surface area contributed by atoms with Gasteiger partial charge in [0, 0.05) is 36.8 Å². The van der Waals surface area contributed by atoms with Gasteiger partial charge in [0.15, 0.2) is 0 Å². The monoisotopic (exact) mass is 456 g/mol. The van der Waals surface area contributed by atoms with E-state index in [2.05, 4.69) is 10.2 Å². The second kappa shape index (κ2) is 8.12. The van der Waals surface area contributed by atoms with Crippen LogP contribution in [0.5, 0.6) is 11.5 Å². The second-order valence-corrected chi connectivity index (χ2v) is 12.1. The lowest BCUT2D eigenvalue weighted by atomic mass is 9.49. The molecule has 1 amide bonds. The lowest BCUT2D eigenvalue weighted by molar-refractivity contribution is -0.123. The predicted molar refractivity (Wildman–Crippen MR) is 133 cm³/mol. The van der Waals surface area contributed by atoms with Crippen molar-refractivity contribution in [2.24, 2.45) is 23.2 Å². The van der Waals surface area contributed by atoms with E-state index in [1.165, 1.54) is 45.1 Å². The van der Waals surface area contributed by atoms with Crippen LogP contribution >= 0.6 is 0 Å². The Bertz CT molecular complexity index is 1010. The van der Waals surface area contributed by atoms with Gasteiger partial charge >= 0.3 is 0 Å². The van der Waals surface area contributed by atoms with Crippen molar-refractivity contribution in [3.63, 3.8) is 0 Å². The fourth-order valence-corrected chi connectivity index (χ4v) is 8.67. The summed E-state index contributed by atoms with van der Waals surface area (Å²) in [7, 11) is 0. The highest BCUT2D eigenvalue weighted by Crippen LogP contribution is 2.60. The number of rotatable bonds is 4. The molecule has 4 aliphatic carbocycles. The molecule has 0 unspecified atom stereocenters. The molecule has 8 rings (SSSR count). The zero-order valence-corrected chi connectivity index (χ0v) is 20.0. The number of carbonyl (C=O) groups excluding carboxylic acids is 1. The molecule has 5 fully saturated rings. The molecular formula is C30H36N2O2. The maximum Gasteiger partial charge on any atom is 0.232 e. The van der Waals surface area contributed by atoms with E-state index in [-0.39, 0.29) is 17.9 Å². The van der Waals surface area contributed by atoms with Gasteiger partial charge in [-0.3, -0.25) is 4.79 Å². The van der Waals surface area contributed by atoms with Crippen LogP contribution in [0.3, 0.4) is 0 Å². The molecule has 1 saturated heterocycles.